The summed E-state index contributed by atoms with van der Waals surface area (Å²) in [5, 5.41) is 13.8. The fourth-order valence-electron chi connectivity index (χ4n) is 2.81. The van der Waals surface area contributed by atoms with Crippen molar-refractivity contribution in [3.63, 3.8) is 0 Å². The van der Waals surface area contributed by atoms with Crippen LogP contribution in [0.5, 0.6) is 11.5 Å². The van der Waals surface area contributed by atoms with Crippen molar-refractivity contribution in [1.29, 1.82) is 0 Å². The number of phenols is 1. The predicted molar refractivity (Wildman–Crippen MR) is 114 cm³/mol. The van der Waals surface area contributed by atoms with Crippen molar-refractivity contribution < 1.29 is 19.1 Å². The highest BCUT2D eigenvalue weighted by molar-refractivity contribution is 6.35. The van der Waals surface area contributed by atoms with Gasteiger partial charge in [-0.15, -0.1) is 0 Å². The standard InChI is InChI=1S/C22H21Cl2NO4/c1-12(2)16-10-18(13(3)8-19(16)26)25-22(27)21-7-5-15(29-21)11-28-20-6-4-14(23)9-17(20)24/h4-10,12,26H,11H2,1-3H3,(H,25,27). The van der Waals surface area contributed by atoms with Gasteiger partial charge in [0, 0.05) is 10.7 Å². The average molecular weight is 434 g/mol. The lowest BCUT2D eigenvalue weighted by Crippen LogP contribution is -2.12. The third kappa shape index (κ3) is 5.05. The van der Waals surface area contributed by atoms with Crippen LogP contribution in [-0.4, -0.2) is 11.0 Å². The van der Waals surface area contributed by atoms with E-state index in [1.165, 1.54) is 0 Å². The third-order valence-corrected chi connectivity index (χ3v) is 4.92. The summed E-state index contributed by atoms with van der Waals surface area (Å²) in [4.78, 5) is 12.6. The highest BCUT2D eigenvalue weighted by atomic mass is 35.5. The van der Waals surface area contributed by atoms with Crippen LogP contribution >= 0.6 is 23.2 Å². The number of hydrogen-bond donors (Lipinski definition) is 2. The molecule has 3 aromatic rings. The first-order valence-corrected chi connectivity index (χ1v) is 9.81. The van der Waals surface area contributed by atoms with Crippen molar-refractivity contribution in [2.24, 2.45) is 0 Å². The topological polar surface area (TPSA) is 71.7 Å². The van der Waals surface area contributed by atoms with Gasteiger partial charge in [-0.1, -0.05) is 37.0 Å². The number of hydrogen-bond acceptors (Lipinski definition) is 4. The summed E-state index contributed by atoms with van der Waals surface area (Å²) in [6, 6.07) is 11.6. The van der Waals surface area contributed by atoms with Crippen LogP contribution in [0.1, 0.15) is 47.2 Å². The lowest BCUT2D eigenvalue weighted by atomic mass is 9.99. The largest absolute Gasteiger partial charge is 0.508 e. The molecule has 1 aromatic heterocycles. The molecule has 0 aliphatic heterocycles. The molecular formula is C22H21Cl2NO4. The monoisotopic (exact) mass is 433 g/mol. The van der Waals surface area contributed by atoms with Gasteiger partial charge in [0.15, 0.2) is 5.76 Å². The number of aromatic hydroxyl groups is 1. The fraction of sp³-hybridized carbons (Fsp3) is 0.227. The number of benzene rings is 2. The summed E-state index contributed by atoms with van der Waals surface area (Å²) in [5.41, 5.74) is 2.14. The van der Waals surface area contributed by atoms with E-state index in [1.807, 2.05) is 20.8 Å². The van der Waals surface area contributed by atoms with Crippen LogP contribution in [0, 0.1) is 6.92 Å². The van der Waals surface area contributed by atoms with Gasteiger partial charge in [-0.25, -0.2) is 0 Å². The molecule has 0 saturated heterocycles. The van der Waals surface area contributed by atoms with E-state index in [-0.39, 0.29) is 29.9 Å². The molecule has 0 aliphatic carbocycles. The van der Waals surface area contributed by atoms with Gasteiger partial charge in [0.2, 0.25) is 0 Å². The maximum Gasteiger partial charge on any atom is 0.291 e. The van der Waals surface area contributed by atoms with Crippen molar-refractivity contribution in [1.82, 2.24) is 0 Å². The summed E-state index contributed by atoms with van der Waals surface area (Å²) in [7, 11) is 0. The Morgan fingerprint density at radius 2 is 1.93 bits per heavy atom. The average Bonchev–Trinajstić information content (AvgIpc) is 3.12. The smallest absolute Gasteiger partial charge is 0.291 e. The third-order valence-electron chi connectivity index (χ3n) is 4.39. The van der Waals surface area contributed by atoms with Crippen molar-refractivity contribution in [2.45, 2.75) is 33.3 Å². The van der Waals surface area contributed by atoms with Crippen LogP contribution in [0.3, 0.4) is 0 Å². The molecule has 3 rings (SSSR count). The van der Waals surface area contributed by atoms with Gasteiger partial charge in [-0.2, -0.15) is 0 Å². The van der Waals surface area contributed by atoms with E-state index in [0.29, 0.717) is 27.2 Å². The molecule has 0 aliphatic rings. The van der Waals surface area contributed by atoms with Gasteiger partial charge in [0.05, 0.1) is 5.02 Å². The molecular weight excluding hydrogens is 413 g/mol. The Labute approximate surface area is 179 Å². The van der Waals surface area contributed by atoms with Gasteiger partial charge in [-0.3, -0.25) is 4.79 Å². The van der Waals surface area contributed by atoms with Gasteiger partial charge >= 0.3 is 0 Å². The van der Waals surface area contributed by atoms with E-state index < -0.39 is 0 Å². The zero-order valence-electron chi connectivity index (χ0n) is 16.3. The van der Waals surface area contributed by atoms with Crippen LogP contribution in [0.15, 0.2) is 46.9 Å². The fourth-order valence-corrected chi connectivity index (χ4v) is 3.27. The second-order valence-electron chi connectivity index (χ2n) is 6.96. The van der Waals surface area contributed by atoms with Crippen molar-refractivity contribution in [2.75, 3.05) is 5.32 Å². The Hall–Kier alpha value is -2.63. The van der Waals surface area contributed by atoms with Crippen LogP contribution in [0.4, 0.5) is 5.69 Å². The molecule has 7 heteroatoms. The molecule has 0 unspecified atom stereocenters. The SMILES string of the molecule is Cc1cc(O)c(C(C)C)cc1NC(=O)c1ccc(COc2ccc(Cl)cc2Cl)o1. The zero-order chi connectivity index (χ0) is 21.1. The lowest BCUT2D eigenvalue weighted by Gasteiger charge is -2.14. The Morgan fingerprint density at radius 3 is 2.62 bits per heavy atom. The molecule has 1 heterocycles. The quantitative estimate of drug-likeness (QED) is 0.432. The van der Waals surface area contributed by atoms with E-state index in [0.717, 1.165) is 11.1 Å². The number of nitrogens with one attached hydrogen (secondary N) is 1. The number of carbonyl (C=O) groups excluding carboxylic acids is 1. The lowest BCUT2D eigenvalue weighted by molar-refractivity contribution is 0.0992. The summed E-state index contributed by atoms with van der Waals surface area (Å²) >= 11 is 11.9. The van der Waals surface area contributed by atoms with Gasteiger partial charge < -0.3 is 19.6 Å². The highest BCUT2D eigenvalue weighted by Gasteiger charge is 2.16. The molecule has 0 radical (unpaired) electrons. The Balaban J connectivity index is 1.69. The minimum atomic E-state index is -0.385. The number of carbonyl (C=O) groups is 1. The second-order valence-corrected chi connectivity index (χ2v) is 7.81. The number of rotatable bonds is 6. The van der Waals surface area contributed by atoms with Crippen LogP contribution in [0.2, 0.25) is 10.0 Å². The second kappa shape index (κ2) is 8.80. The van der Waals surface area contributed by atoms with Gasteiger partial charge in [0.25, 0.3) is 5.91 Å². The minimum absolute atomic E-state index is 0.115. The molecule has 2 N–H and O–H groups in total. The maximum absolute atomic E-state index is 12.6. The molecule has 5 nitrogen and oxygen atoms in total. The minimum Gasteiger partial charge on any atom is -0.508 e. The van der Waals surface area contributed by atoms with E-state index in [1.54, 1.807) is 42.5 Å². The van der Waals surface area contributed by atoms with E-state index >= 15 is 0 Å². The van der Waals surface area contributed by atoms with Crippen molar-refractivity contribution in [3.8, 4) is 11.5 Å². The predicted octanol–water partition coefficient (Wildman–Crippen LogP) is 6.56. The first-order valence-electron chi connectivity index (χ1n) is 9.06. The van der Waals surface area contributed by atoms with E-state index in [9.17, 15) is 9.90 Å². The molecule has 0 bridgehead atoms. The summed E-state index contributed by atoms with van der Waals surface area (Å²) in [6.45, 7) is 5.88. The number of halogens is 2. The first kappa shape index (κ1) is 21.1. The number of furan rings is 1. The highest BCUT2D eigenvalue weighted by Crippen LogP contribution is 2.32. The number of anilines is 1. The van der Waals surface area contributed by atoms with E-state index in [4.69, 9.17) is 32.4 Å². The van der Waals surface area contributed by atoms with Gasteiger partial charge in [-0.05, 0) is 66.4 Å². The van der Waals surface area contributed by atoms with Crippen molar-refractivity contribution in [3.05, 3.63) is 75.2 Å². The van der Waals surface area contributed by atoms with E-state index in [2.05, 4.69) is 5.32 Å². The summed E-state index contributed by atoms with van der Waals surface area (Å²) < 4.78 is 11.2. The molecule has 0 atom stereocenters. The number of amides is 1. The maximum atomic E-state index is 12.6. The van der Waals surface area contributed by atoms with Crippen LogP contribution < -0.4 is 10.1 Å². The number of phenolic OH excluding ortho intramolecular Hbond substituents is 1. The Kier molecular flexibility index (Phi) is 6.40. The molecule has 2 aromatic carbocycles. The van der Waals surface area contributed by atoms with Crippen LogP contribution in [0.25, 0.3) is 0 Å². The Bertz CT molecular complexity index is 1040. The van der Waals surface area contributed by atoms with Crippen molar-refractivity contribution >= 4 is 34.8 Å². The Morgan fingerprint density at radius 1 is 1.17 bits per heavy atom. The molecule has 0 saturated carbocycles. The first-order chi connectivity index (χ1) is 13.7. The molecule has 1 amide bonds. The molecule has 0 fully saturated rings. The molecule has 29 heavy (non-hydrogen) atoms. The number of aryl methyl sites for hydroxylation is 1. The normalized spacial score (nSPS) is 11.0. The van der Waals surface area contributed by atoms with Gasteiger partial charge in [0.1, 0.15) is 23.9 Å². The molecule has 0 spiro atoms. The summed E-state index contributed by atoms with van der Waals surface area (Å²) in [5.74, 6) is 1.06. The number of ether oxygens (including phenoxy) is 1. The molecule has 152 valence electrons. The van der Waals surface area contributed by atoms with Crippen LogP contribution in [-0.2, 0) is 6.61 Å². The summed E-state index contributed by atoms with van der Waals surface area (Å²) in [6.07, 6.45) is 0. The zero-order valence-corrected chi connectivity index (χ0v) is 17.8.